The van der Waals surface area contributed by atoms with Gasteiger partial charge < -0.3 is 4.74 Å². The zero-order chi connectivity index (χ0) is 12.9. The third-order valence-electron chi connectivity index (χ3n) is 2.13. The summed E-state index contributed by atoms with van der Waals surface area (Å²) >= 11 is 0. The van der Waals surface area contributed by atoms with Crippen molar-refractivity contribution in [1.82, 2.24) is 0 Å². The van der Waals surface area contributed by atoms with Crippen molar-refractivity contribution < 1.29 is 17.9 Å². The molecular weight excluding hydrogens is 242 g/mol. The minimum atomic E-state index is -3.79. The van der Waals surface area contributed by atoms with E-state index < -0.39 is 16.0 Å². The summed E-state index contributed by atoms with van der Waals surface area (Å²) in [6.45, 7) is 2.31. The van der Waals surface area contributed by atoms with Crippen LogP contribution in [0.25, 0.3) is 0 Å². The SMILES string of the molecule is CCCCOC(=O)c1cccc(S(N)(=O)=O)c1. The average Bonchev–Trinajstić information content (AvgIpc) is 2.28. The summed E-state index contributed by atoms with van der Waals surface area (Å²) in [5, 5.41) is 4.97. The first-order chi connectivity index (χ1) is 7.95. The fourth-order valence-electron chi connectivity index (χ4n) is 1.19. The molecule has 0 aromatic heterocycles. The molecule has 0 fully saturated rings. The zero-order valence-electron chi connectivity index (χ0n) is 9.55. The van der Waals surface area contributed by atoms with Crippen molar-refractivity contribution in [2.75, 3.05) is 6.61 Å². The van der Waals surface area contributed by atoms with Gasteiger partial charge in [0.25, 0.3) is 0 Å². The summed E-state index contributed by atoms with van der Waals surface area (Å²) in [6, 6.07) is 5.49. The lowest BCUT2D eigenvalue weighted by Crippen LogP contribution is -2.13. The molecule has 0 saturated carbocycles. The lowest BCUT2D eigenvalue weighted by molar-refractivity contribution is 0.0499. The molecule has 0 amide bonds. The molecule has 1 aromatic rings. The number of carbonyl (C=O) groups is 1. The Bertz CT molecular complexity index is 496. The number of hydrogen-bond donors (Lipinski definition) is 1. The number of rotatable bonds is 5. The van der Waals surface area contributed by atoms with Gasteiger partial charge in [-0.05, 0) is 24.6 Å². The lowest BCUT2D eigenvalue weighted by atomic mass is 10.2. The molecular formula is C11H15NO4S. The van der Waals surface area contributed by atoms with Gasteiger partial charge in [0.05, 0.1) is 17.1 Å². The highest BCUT2D eigenvalue weighted by Gasteiger charge is 2.12. The normalized spacial score (nSPS) is 11.2. The smallest absolute Gasteiger partial charge is 0.338 e. The van der Waals surface area contributed by atoms with Gasteiger partial charge in [-0.2, -0.15) is 0 Å². The molecule has 2 N–H and O–H groups in total. The van der Waals surface area contributed by atoms with Crippen molar-refractivity contribution in [2.45, 2.75) is 24.7 Å². The number of nitrogens with two attached hydrogens (primary N) is 1. The number of unbranched alkanes of at least 4 members (excludes halogenated alkanes) is 1. The van der Waals surface area contributed by atoms with Crippen LogP contribution in [-0.4, -0.2) is 21.0 Å². The largest absolute Gasteiger partial charge is 0.462 e. The second kappa shape index (κ2) is 5.79. The average molecular weight is 257 g/mol. The number of sulfonamides is 1. The summed E-state index contributed by atoms with van der Waals surface area (Å²) in [4.78, 5) is 11.4. The molecule has 0 aliphatic heterocycles. The Morgan fingerprint density at radius 1 is 1.41 bits per heavy atom. The molecule has 0 spiro atoms. The Morgan fingerprint density at radius 2 is 2.12 bits per heavy atom. The molecule has 17 heavy (non-hydrogen) atoms. The molecule has 94 valence electrons. The molecule has 0 heterocycles. The Kier molecular flexibility index (Phi) is 4.65. The monoisotopic (exact) mass is 257 g/mol. The Morgan fingerprint density at radius 3 is 2.71 bits per heavy atom. The van der Waals surface area contributed by atoms with Crippen LogP contribution in [0, 0.1) is 0 Å². The van der Waals surface area contributed by atoms with Gasteiger partial charge in [-0.3, -0.25) is 0 Å². The van der Waals surface area contributed by atoms with Crippen LogP contribution in [-0.2, 0) is 14.8 Å². The summed E-state index contributed by atoms with van der Waals surface area (Å²) < 4.78 is 27.1. The van der Waals surface area contributed by atoms with Crippen LogP contribution >= 0.6 is 0 Å². The first-order valence-electron chi connectivity index (χ1n) is 5.25. The number of benzene rings is 1. The van der Waals surface area contributed by atoms with Gasteiger partial charge in [0.15, 0.2) is 0 Å². The standard InChI is InChI=1S/C11H15NO4S/c1-2-3-7-16-11(13)9-5-4-6-10(8-9)17(12,14)15/h4-6,8H,2-3,7H2,1H3,(H2,12,14,15). The minimum Gasteiger partial charge on any atom is -0.462 e. The molecule has 0 aliphatic carbocycles. The van der Waals surface area contributed by atoms with Crippen LogP contribution in [0.4, 0.5) is 0 Å². The van der Waals surface area contributed by atoms with E-state index in [9.17, 15) is 13.2 Å². The summed E-state index contributed by atoms with van der Waals surface area (Å²) in [7, 11) is -3.79. The van der Waals surface area contributed by atoms with Crippen molar-refractivity contribution in [3.8, 4) is 0 Å². The van der Waals surface area contributed by atoms with E-state index in [0.717, 1.165) is 12.8 Å². The maximum Gasteiger partial charge on any atom is 0.338 e. The summed E-state index contributed by atoms with van der Waals surface area (Å²) in [5.74, 6) is -0.538. The van der Waals surface area contributed by atoms with E-state index in [-0.39, 0.29) is 10.5 Å². The second-order valence-corrected chi connectivity index (χ2v) is 5.12. The van der Waals surface area contributed by atoms with Crippen molar-refractivity contribution in [3.63, 3.8) is 0 Å². The minimum absolute atomic E-state index is 0.0950. The highest BCUT2D eigenvalue weighted by Crippen LogP contribution is 2.11. The van der Waals surface area contributed by atoms with E-state index in [2.05, 4.69) is 0 Å². The molecule has 0 radical (unpaired) electrons. The van der Waals surface area contributed by atoms with Crippen molar-refractivity contribution >= 4 is 16.0 Å². The highest BCUT2D eigenvalue weighted by molar-refractivity contribution is 7.89. The Hall–Kier alpha value is -1.40. The van der Waals surface area contributed by atoms with E-state index in [1.165, 1.54) is 24.3 Å². The van der Waals surface area contributed by atoms with Crippen molar-refractivity contribution in [2.24, 2.45) is 5.14 Å². The fourth-order valence-corrected chi connectivity index (χ4v) is 1.75. The van der Waals surface area contributed by atoms with Gasteiger partial charge in [-0.1, -0.05) is 19.4 Å². The highest BCUT2D eigenvalue weighted by atomic mass is 32.2. The van der Waals surface area contributed by atoms with Crippen LogP contribution in [0.15, 0.2) is 29.2 Å². The third kappa shape index (κ3) is 4.16. The van der Waals surface area contributed by atoms with Crippen LogP contribution in [0.1, 0.15) is 30.1 Å². The van der Waals surface area contributed by atoms with Crippen LogP contribution in [0.2, 0.25) is 0 Å². The molecule has 6 heteroatoms. The van der Waals surface area contributed by atoms with Crippen molar-refractivity contribution in [1.29, 1.82) is 0 Å². The van der Waals surface area contributed by atoms with E-state index in [1.54, 1.807) is 0 Å². The van der Waals surface area contributed by atoms with E-state index in [0.29, 0.717) is 6.61 Å². The zero-order valence-corrected chi connectivity index (χ0v) is 10.4. The van der Waals surface area contributed by atoms with Crippen LogP contribution in [0.5, 0.6) is 0 Å². The summed E-state index contributed by atoms with van der Waals surface area (Å²) in [6.07, 6.45) is 1.70. The van der Waals surface area contributed by atoms with Crippen LogP contribution in [0.3, 0.4) is 0 Å². The van der Waals surface area contributed by atoms with Gasteiger partial charge in [0, 0.05) is 0 Å². The first kappa shape index (κ1) is 13.7. The van der Waals surface area contributed by atoms with E-state index >= 15 is 0 Å². The number of ether oxygens (including phenoxy) is 1. The topological polar surface area (TPSA) is 86.5 Å². The van der Waals surface area contributed by atoms with Gasteiger partial charge in [-0.25, -0.2) is 18.4 Å². The maximum absolute atomic E-state index is 11.5. The first-order valence-corrected chi connectivity index (χ1v) is 6.79. The molecule has 5 nitrogen and oxygen atoms in total. The number of carbonyl (C=O) groups excluding carboxylic acids is 1. The molecule has 0 saturated heterocycles. The van der Waals surface area contributed by atoms with Gasteiger partial charge in [0.1, 0.15) is 0 Å². The maximum atomic E-state index is 11.5. The van der Waals surface area contributed by atoms with Gasteiger partial charge in [-0.15, -0.1) is 0 Å². The van der Waals surface area contributed by atoms with Gasteiger partial charge in [0.2, 0.25) is 10.0 Å². The number of hydrogen-bond acceptors (Lipinski definition) is 4. The predicted molar refractivity (Wildman–Crippen MR) is 63.0 cm³/mol. The van der Waals surface area contributed by atoms with E-state index in [1.807, 2.05) is 6.92 Å². The molecule has 1 rings (SSSR count). The van der Waals surface area contributed by atoms with Crippen LogP contribution < -0.4 is 5.14 Å². The van der Waals surface area contributed by atoms with Crippen molar-refractivity contribution in [3.05, 3.63) is 29.8 Å². The molecule has 0 aliphatic rings. The van der Waals surface area contributed by atoms with Gasteiger partial charge >= 0.3 is 5.97 Å². The molecule has 0 atom stereocenters. The second-order valence-electron chi connectivity index (χ2n) is 3.56. The van der Waals surface area contributed by atoms with E-state index in [4.69, 9.17) is 9.88 Å². The quantitative estimate of drug-likeness (QED) is 0.636. The number of esters is 1. The molecule has 0 unspecified atom stereocenters. The fraction of sp³-hybridized carbons (Fsp3) is 0.364. The Balaban J connectivity index is 2.82. The molecule has 0 bridgehead atoms. The number of primary sulfonamides is 1. The predicted octanol–water partition coefficient (Wildman–Crippen LogP) is 1.29. The third-order valence-corrected chi connectivity index (χ3v) is 3.04. The summed E-state index contributed by atoms with van der Waals surface area (Å²) in [5.41, 5.74) is 0.188. The molecule has 1 aromatic carbocycles. The Labute approximate surface area is 101 Å². The lowest BCUT2D eigenvalue weighted by Gasteiger charge is -2.05.